The summed E-state index contributed by atoms with van der Waals surface area (Å²) >= 11 is 0. The van der Waals surface area contributed by atoms with Crippen LogP contribution in [-0.2, 0) is 0 Å². The molecule has 0 spiro atoms. The van der Waals surface area contributed by atoms with Gasteiger partial charge < -0.3 is 0 Å². The molecule has 0 heteroatoms. The average molecular weight is 315 g/mol. The molecular formula is C23H38. The monoisotopic (exact) mass is 314 g/mol. The maximum atomic E-state index is 3.94. The van der Waals surface area contributed by atoms with Gasteiger partial charge in [-0.1, -0.05) is 56.1 Å². The molecule has 0 heterocycles. The maximum absolute atomic E-state index is 3.94. The molecule has 2 fully saturated rings. The topological polar surface area (TPSA) is 0 Å². The van der Waals surface area contributed by atoms with Crippen LogP contribution in [0.5, 0.6) is 0 Å². The van der Waals surface area contributed by atoms with Gasteiger partial charge in [0, 0.05) is 0 Å². The highest BCUT2D eigenvalue weighted by atomic mass is 14.3. The molecule has 0 bridgehead atoms. The van der Waals surface area contributed by atoms with Crippen molar-refractivity contribution < 1.29 is 0 Å². The van der Waals surface area contributed by atoms with Gasteiger partial charge in [0.05, 0.1) is 0 Å². The van der Waals surface area contributed by atoms with Crippen LogP contribution < -0.4 is 0 Å². The Kier molecular flexibility index (Phi) is 8.79. The van der Waals surface area contributed by atoms with Crippen molar-refractivity contribution in [2.24, 2.45) is 23.7 Å². The molecule has 2 aliphatic rings. The Morgan fingerprint density at radius 2 is 1.26 bits per heavy atom. The van der Waals surface area contributed by atoms with E-state index in [1.54, 1.807) is 0 Å². The van der Waals surface area contributed by atoms with Crippen molar-refractivity contribution in [3.05, 3.63) is 37.0 Å². The predicted octanol–water partition coefficient (Wildman–Crippen LogP) is 7.48. The van der Waals surface area contributed by atoms with Crippen LogP contribution in [0.15, 0.2) is 37.0 Å². The molecule has 0 amide bonds. The lowest BCUT2D eigenvalue weighted by Crippen LogP contribution is -2.14. The van der Waals surface area contributed by atoms with E-state index in [2.05, 4.69) is 43.9 Å². The molecule has 0 nitrogen and oxygen atoms in total. The minimum Gasteiger partial charge on any atom is -0.103 e. The molecule has 23 heavy (non-hydrogen) atoms. The van der Waals surface area contributed by atoms with Crippen molar-refractivity contribution >= 4 is 0 Å². The third-order valence-electron chi connectivity index (χ3n) is 6.24. The van der Waals surface area contributed by atoms with Crippen molar-refractivity contribution in [2.45, 2.75) is 84.0 Å². The van der Waals surface area contributed by atoms with Crippen molar-refractivity contribution in [1.29, 1.82) is 0 Å². The lowest BCUT2D eigenvalue weighted by atomic mass is 9.78. The van der Waals surface area contributed by atoms with Gasteiger partial charge in [-0.2, -0.15) is 0 Å². The third kappa shape index (κ3) is 7.10. The Labute approximate surface area is 145 Å². The lowest BCUT2D eigenvalue weighted by Gasteiger charge is -2.28. The zero-order valence-corrected chi connectivity index (χ0v) is 15.4. The summed E-state index contributed by atoms with van der Waals surface area (Å²) in [4.78, 5) is 0. The van der Waals surface area contributed by atoms with Gasteiger partial charge in [0.25, 0.3) is 0 Å². The second-order valence-electron chi connectivity index (χ2n) is 7.95. The van der Waals surface area contributed by atoms with Crippen molar-refractivity contribution in [1.82, 2.24) is 0 Å². The first-order chi connectivity index (χ1) is 11.3. The quantitative estimate of drug-likeness (QED) is 0.407. The van der Waals surface area contributed by atoms with Crippen LogP contribution in [0.3, 0.4) is 0 Å². The van der Waals surface area contributed by atoms with E-state index in [0.717, 1.165) is 23.7 Å². The Morgan fingerprint density at radius 1 is 0.739 bits per heavy atom. The fourth-order valence-electron chi connectivity index (χ4n) is 4.50. The van der Waals surface area contributed by atoms with E-state index in [0.29, 0.717) is 0 Å². The van der Waals surface area contributed by atoms with Gasteiger partial charge in [-0.15, -0.1) is 6.58 Å². The summed E-state index contributed by atoms with van der Waals surface area (Å²) in [6, 6.07) is 0. The number of allylic oxidation sites excluding steroid dienone is 5. The molecule has 2 rings (SSSR count). The van der Waals surface area contributed by atoms with E-state index in [9.17, 15) is 0 Å². The smallest absolute Gasteiger partial charge is 0.0233 e. The highest BCUT2D eigenvalue weighted by Gasteiger charge is 2.20. The predicted molar refractivity (Wildman–Crippen MR) is 104 cm³/mol. The van der Waals surface area contributed by atoms with Gasteiger partial charge in [-0.25, -0.2) is 0 Å². The van der Waals surface area contributed by atoms with E-state index in [-0.39, 0.29) is 0 Å². The molecule has 0 N–H and O–H groups in total. The first-order valence-electron chi connectivity index (χ1n) is 10.2. The van der Waals surface area contributed by atoms with Crippen molar-refractivity contribution in [3.8, 4) is 0 Å². The summed E-state index contributed by atoms with van der Waals surface area (Å²) in [5.74, 6) is 3.67. The largest absolute Gasteiger partial charge is 0.103 e. The van der Waals surface area contributed by atoms with E-state index >= 15 is 0 Å². The standard InChI is InChI=1S/C23H38/c1-3-5-6-9-21-16-18-23(19-17-21)11-8-7-10-22-14-12-20(4-2)13-15-22/h3-5,7,10,20-23H,2,6,8-9,11-19H2,1H3/b5-3+,10-7+. The Morgan fingerprint density at radius 3 is 1.78 bits per heavy atom. The Hall–Kier alpha value is -0.780. The van der Waals surface area contributed by atoms with E-state index in [1.165, 1.54) is 77.0 Å². The summed E-state index contributed by atoms with van der Waals surface area (Å²) in [6.45, 7) is 6.08. The highest BCUT2D eigenvalue weighted by molar-refractivity contribution is 4.94. The molecule has 0 unspecified atom stereocenters. The number of rotatable bonds is 8. The molecule has 0 radical (unpaired) electrons. The Bertz CT molecular complexity index is 359. The van der Waals surface area contributed by atoms with Crippen LogP contribution in [0.1, 0.15) is 84.0 Å². The van der Waals surface area contributed by atoms with Crippen molar-refractivity contribution in [2.75, 3.05) is 0 Å². The first kappa shape index (κ1) is 18.6. The minimum absolute atomic E-state index is 0.794. The lowest BCUT2D eigenvalue weighted by molar-refractivity contribution is 0.255. The summed E-state index contributed by atoms with van der Waals surface area (Å²) in [5.41, 5.74) is 0. The SMILES string of the molecule is C=CC1CCC(/C=C/CCC2CCC(CC/C=C/C)CC2)CC1. The van der Waals surface area contributed by atoms with Gasteiger partial charge in [0.15, 0.2) is 0 Å². The summed E-state index contributed by atoms with van der Waals surface area (Å²) < 4.78 is 0. The molecule has 0 aromatic carbocycles. The molecule has 130 valence electrons. The normalized spacial score (nSPS) is 32.6. The minimum atomic E-state index is 0.794. The van der Waals surface area contributed by atoms with Gasteiger partial charge in [-0.3, -0.25) is 0 Å². The molecular weight excluding hydrogens is 276 g/mol. The number of hydrogen-bond donors (Lipinski definition) is 0. The number of hydrogen-bond acceptors (Lipinski definition) is 0. The van der Waals surface area contributed by atoms with Gasteiger partial charge in [-0.05, 0) is 82.0 Å². The van der Waals surface area contributed by atoms with Crippen LogP contribution in [-0.4, -0.2) is 0 Å². The van der Waals surface area contributed by atoms with Crippen LogP contribution >= 0.6 is 0 Å². The van der Waals surface area contributed by atoms with Crippen molar-refractivity contribution in [3.63, 3.8) is 0 Å². The van der Waals surface area contributed by atoms with Gasteiger partial charge in [0.1, 0.15) is 0 Å². The fourth-order valence-corrected chi connectivity index (χ4v) is 4.50. The zero-order valence-electron chi connectivity index (χ0n) is 15.4. The van der Waals surface area contributed by atoms with Crippen LogP contribution in [0.4, 0.5) is 0 Å². The summed E-state index contributed by atoms with van der Waals surface area (Å²) in [5, 5.41) is 0. The molecule has 0 aliphatic heterocycles. The molecule has 2 saturated carbocycles. The molecule has 0 aromatic heterocycles. The van der Waals surface area contributed by atoms with E-state index in [1.807, 2.05) is 0 Å². The molecule has 2 aliphatic carbocycles. The second kappa shape index (κ2) is 10.9. The first-order valence-corrected chi connectivity index (χ1v) is 10.2. The second-order valence-corrected chi connectivity index (χ2v) is 7.95. The fraction of sp³-hybridized carbons (Fsp3) is 0.739. The summed E-state index contributed by atoms with van der Waals surface area (Å²) in [6.07, 6.45) is 28.6. The summed E-state index contributed by atoms with van der Waals surface area (Å²) in [7, 11) is 0. The van der Waals surface area contributed by atoms with Crippen LogP contribution in [0.2, 0.25) is 0 Å². The van der Waals surface area contributed by atoms with Gasteiger partial charge in [0.2, 0.25) is 0 Å². The van der Waals surface area contributed by atoms with Crippen LogP contribution in [0, 0.1) is 23.7 Å². The molecule has 0 atom stereocenters. The van der Waals surface area contributed by atoms with Gasteiger partial charge >= 0.3 is 0 Å². The molecule has 0 saturated heterocycles. The highest BCUT2D eigenvalue weighted by Crippen LogP contribution is 2.34. The maximum Gasteiger partial charge on any atom is -0.0233 e. The van der Waals surface area contributed by atoms with Crippen LogP contribution in [0.25, 0.3) is 0 Å². The Balaban J connectivity index is 1.53. The van der Waals surface area contributed by atoms with E-state index in [4.69, 9.17) is 0 Å². The third-order valence-corrected chi connectivity index (χ3v) is 6.24. The molecule has 0 aromatic rings. The van der Waals surface area contributed by atoms with E-state index < -0.39 is 0 Å². The average Bonchev–Trinajstić information content (AvgIpc) is 2.61. The zero-order chi connectivity index (χ0) is 16.3.